The van der Waals surface area contributed by atoms with Crippen molar-refractivity contribution in [2.45, 2.75) is 24.9 Å². The molecule has 0 N–H and O–H groups in total. The lowest BCUT2D eigenvalue weighted by atomic mass is 9.88. The van der Waals surface area contributed by atoms with E-state index in [1.54, 1.807) is 28.4 Å². The average molecular weight is 388 g/mol. The zero-order valence-electron chi connectivity index (χ0n) is 14.9. The molecule has 27 heavy (non-hydrogen) atoms. The maximum atomic E-state index is 13.2. The third-order valence-electron chi connectivity index (χ3n) is 5.35. The topological polar surface area (TPSA) is 49.9 Å². The molecule has 142 valence electrons. The second-order valence-corrected chi connectivity index (χ2v) is 7.90. The van der Waals surface area contributed by atoms with Crippen LogP contribution in [0.4, 0.5) is 10.1 Å². The van der Waals surface area contributed by atoms with E-state index in [0.717, 1.165) is 5.56 Å². The first-order chi connectivity index (χ1) is 13.0. The van der Waals surface area contributed by atoms with E-state index in [9.17, 15) is 14.0 Å². The summed E-state index contributed by atoms with van der Waals surface area (Å²) in [6.45, 7) is 1.69. The highest BCUT2D eigenvalue weighted by atomic mass is 32.1. The van der Waals surface area contributed by atoms with Crippen LogP contribution in [0.1, 0.15) is 18.4 Å². The van der Waals surface area contributed by atoms with Gasteiger partial charge in [0.15, 0.2) is 0 Å². The lowest BCUT2D eigenvalue weighted by Crippen LogP contribution is -2.59. The number of piperidine rings is 1. The van der Waals surface area contributed by atoms with Crippen molar-refractivity contribution in [2.24, 2.45) is 0 Å². The van der Waals surface area contributed by atoms with Gasteiger partial charge in [0, 0.05) is 18.8 Å². The SMILES string of the molecule is O=C(Cc1ccsc1)N1CCC2(CC1)CN(c1ccc(F)cc1)C(=O)CO2. The lowest BCUT2D eigenvalue weighted by Gasteiger charge is -2.47. The largest absolute Gasteiger partial charge is 0.363 e. The van der Waals surface area contributed by atoms with Gasteiger partial charge in [0.1, 0.15) is 12.4 Å². The summed E-state index contributed by atoms with van der Waals surface area (Å²) in [4.78, 5) is 28.3. The Morgan fingerprint density at radius 3 is 2.59 bits per heavy atom. The molecule has 2 aromatic rings. The molecule has 1 aromatic carbocycles. The van der Waals surface area contributed by atoms with E-state index in [0.29, 0.717) is 44.6 Å². The van der Waals surface area contributed by atoms with Crippen molar-refractivity contribution in [1.82, 2.24) is 4.90 Å². The van der Waals surface area contributed by atoms with Crippen molar-refractivity contribution >= 4 is 28.8 Å². The Morgan fingerprint density at radius 2 is 1.93 bits per heavy atom. The number of anilines is 1. The number of likely N-dealkylation sites (tertiary alicyclic amines) is 1. The number of amides is 2. The van der Waals surface area contributed by atoms with Crippen LogP contribution in [-0.4, -0.2) is 48.6 Å². The van der Waals surface area contributed by atoms with Crippen LogP contribution in [0, 0.1) is 5.82 Å². The maximum Gasteiger partial charge on any atom is 0.253 e. The number of hydrogen-bond acceptors (Lipinski definition) is 4. The first-order valence-electron chi connectivity index (χ1n) is 9.03. The van der Waals surface area contributed by atoms with Crippen LogP contribution in [0.5, 0.6) is 0 Å². The number of halogens is 1. The van der Waals surface area contributed by atoms with Gasteiger partial charge in [0.2, 0.25) is 5.91 Å². The smallest absolute Gasteiger partial charge is 0.253 e. The van der Waals surface area contributed by atoms with Gasteiger partial charge in [-0.2, -0.15) is 11.3 Å². The third kappa shape index (κ3) is 3.89. The lowest BCUT2D eigenvalue weighted by molar-refractivity contribution is -0.150. The molecule has 0 radical (unpaired) electrons. The van der Waals surface area contributed by atoms with Gasteiger partial charge >= 0.3 is 0 Å². The molecule has 1 aromatic heterocycles. The van der Waals surface area contributed by atoms with Crippen molar-refractivity contribution < 1.29 is 18.7 Å². The molecule has 2 aliphatic rings. The van der Waals surface area contributed by atoms with Crippen LogP contribution in [0.2, 0.25) is 0 Å². The fraction of sp³-hybridized carbons (Fsp3) is 0.400. The van der Waals surface area contributed by atoms with Gasteiger partial charge in [0.05, 0.1) is 18.6 Å². The highest BCUT2D eigenvalue weighted by molar-refractivity contribution is 7.08. The number of carbonyl (C=O) groups is 2. The molecule has 3 heterocycles. The predicted octanol–water partition coefficient (Wildman–Crippen LogP) is 2.85. The van der Waals surface area contributed by atoms with Gasteiger partial charge in [-0.1, -0.05) is 0 Å². The average Bonchev–Trinajstić information content (AvgIpc) is 3.18. The Balaban J connectivity index is 1.40. The molecule has 2 amide bonds. The Bertz CT molecular complexity index is 814. The molecule has 0 atom stereocenters. The number of ether oxygens (including phenoxy) is 1. The minimum absolute atomic E-state index is 0.0141. The van der Waals surface area contributed by atoms with Gasteiger partial charge in [0.25, 0.3) is 5.91 Å². The minimum atomic E-state index is -0.443. The van der Waals surface area contributed by atoms with Crippen LogP contribution in [0.3, 0.4) is 0 Å². The zero-order chi connectivity index (χ0) is 18.9. The monoisotopic (exact) mass is 388 g/mol. The molecule has 7 heteroatoms. The molecular formula is C20H21FN2O3S. The fourth-order valence-corrected chi connectivity index (χ4v) is 4.39. The van der Waals surface area contributed by atoms with Gasteiger partial charge in [-0.15, -0.1) is 0 Å². The van der Waals surface area contributed by atoms with Gasteiger partial charge in [-0.25, -0.2) is 4.39 Å². The standard InChI is InChI=1S/C20H21FN2O3S/c21-16-1-3-17(4-2-16)23-14-20(26-12-19(23)25)6-8-22(9-7-20)18(24)11-15-5-10-27-13-15/h1-5,10,13H,6-9,11-12,14H2. The van der Waals surface area contributed by atoms with Crippen LogP contribution in [0.25, 0.3) is 0 Å². The molecule has 2 saturated heterocycles. The van der Waals surface area contributed by atoms with E-state index in [1.165, 1.54) is 12.1 Å². The quantitative estimate of drug-likeness (QED) is 0.813. The summed E-state index contributed by atoms with van der Waals surface area (Å²) in [5, 5.41) is 3.98. The summed E-state index contributed by atoms with van der Waals surface area (Å²) in [6.07, 6.45) is 1.80. The minimum Gasteiger partial charge on any atom is -0.363 e. The van der Waals surface area contributed by atoms with E-state index >= 15 is 0 Å². The molecule has 0 saturated carbocycles. The van der Waals surface area contributed by atoms with Crippen molar-refractivity contribution in [2.75, 3.05) is 31.1 Å². The number of nitrogens with zero attached hydrogens (tertiary/aromatic N) is 2. The third-order valence-corrected chi connectivity index (χ3v) is 6.08. The van der Waals surface area contributed by atoms with Crippen molar-refractivity contribution in [3.63, 3.8) is 0 Å². The van der Waals surface area contributed by atoms with E-state index in [2.05, 4.69) is 0 Å². The first kappa shape index (κ1) is 18.1. The number of benzene rings is 1. The molecule has 2 fully saturated rings. The summed E-state index contributed by atoms with van der Waals surface area (Å²) in [7, 11) is 0. The van der Waals surface area contributed by atoms with Crippen molar-refractivity contribution in [3.8, 4) is 0 Å². The first-order valence-corrected chi connectivity index (χ1v) is 9.98. The molecule has 0 aliphatic carbocycles. The number of carbonyl (C=O) groups excluding carboxylic acids is 2. The molecule has 4 rings (SSSR count). The van der Waals surface area contributed by atoms with Gasteiger partial charge in [-0.05, 0) is 59.5 Å². The number of rotatable bonds is 3. The molecular weight excluding hydrogens is 367 g/mol. The summed E-state index contributed by atoms with van der Waals surface area (Å²) in [5.41, 5.74) is 1.29. The van der Waals surface area contributed by atoms with Crippen LogP contribution < -0.4 is 4.90 Å². The maximum absolute atomic E-state index is 13.2. The number of thiophene rings is 1. The van der Waals surface area contributed by atoms with Crippen LogP contribution in [-0.2, 0) is 20.7 Å². The highest BCUT2D eigenvalue weighted by Gasteiger charge is 2.43. The van der Waals surface area contributed by atoms with Crippen LogP contribution >= 0.6 is 11.3 Å². The van der Waals surface area contributed by atoms with E-state index < -0.39 is 5.60 Å². The Labute approximate surface area is 161 Å². The molecule has 5 nitrogen and oxygen atoms in total. The van der Waals surface area contributed by atoms with Crippen LogP contribution in [0.15, 0.2) is 41.1 Å². The second kappa shape index (κ2) is 7.40. The Morgan fingerprint density at radius 1 is 1.19 bits per heavy atom. The van der Waals surface area contributed by atoms with E-state index in [4.69, 9.17) is 4.74 Å². The van der Waals surface area contributed by atoms with Gasteiger partial charge in [-0.3, -0.25) is 9.59 Å². The van der Waals surface area contributed by atoms with Crippen molar-refractivity contribution in [1.29, 1.82) is 0 Å². The molecule has 0 unspecified atom stereocenters. The predicted molar refractivity (Wildman–Crippen MR) is 101 cm³/mol. The molecule has 2 aliphatic heterocycles. The zero-order valence-corrected chi connectivity index (χ0v) is 15.7. The highest BCUT2D eigenvalue weighted by Crippen LogP contribution is 2.33. The summed E-state index contributed by atoms with van der Waals surface area (Å²) < 4.78 is 19.1. The molecule has 1 spiro atoms. The number of morpholine rings is 1. The Kier molecular flexibility index (Phi) is 4.97. The number of hydrogen-bond donors (Lipinski definition) is 0. The summed E-state index contributed by atoms with van der Waals surface area (Å²) in [5.74, 6) is -0.319. The second-order valence-electron chi connectivity index (χ2n) is 7.12. The van der Waals surface area contributed by atoms with Gasteiger partial charge < -0.3 is 14.5 Å². The normalized spacial score (nSPS) is 19.5. The van der Waals surface area contributed by atoms with E-state index in [-0.39, 0.29) is 24.2 Å². The van der Waals surface area contributed by atoms with Crippen molar-refractivity contribution in [3.05, 3.63) is 52.5 Å². The Hall–Kier alpha value is -2.25. The fourth-order valence-electron chi connectivity index (χ4n) is 3.72. The summed E-state index contributed by atoms with van der Waals surface area (Å²) in [6, 6.07) is 7.93. The van der Waals surface area contributed by atoms with E-state index in [1.807, 2.05) is 21.7 Å². The summed E-state index contributed by atoms with van der Waals surface area (Å²) >= 11 is 1.59. The molecule has 0 bridgehead atoms.